The summed E-state index contributed by atoms with van der Waals surface area (Å²) < 4.78 is 4.53. The highest BCUT2D eigenvalue weighted by Crippen LogP contribution is 1.95. The molecule has 0 heterocycles. The zero-order valence-corrected chi connectivity index (χ0v) is 10.1. The number of methoxy groups -OCH3 is 1. The monoisotopic (exact) mass is 227 g/mol. The van der Waals surface area contributed by atoms with E-state index in [-0.39, 0.29) is 5.97 Å². The third-order valence-corrected chi connectivity index (χ3v) is 1.86. The lowest BCUT2D eigenvalue weighted by Crippen LogP contribution is -2.32. The van der Waals surface area contributed by atoms with Crippen LogP contribution in [0.4, 0.5) is 0 Å². The number of unbranched alkanes of at least 4 members (excludes halogenated alkanes) is 1. The van der Waals surface area contributed by atoms with Gasteiger partial charge in [-0.15, -0.1) is 0 Å². The molecule has 0 saturated carbocycles. The zero-order chi connectivity index (χ0) is 12.4. The molecule has 16 heavy (non-hydrogen) atoms. The van der Waals surface area contributed by atoms with E-state index in [1.54, 1.807) is 0 Å². The first kappa shape index (κ1) is 14.5. The molecule has 0 aliphatic carbocycles. The molecule has 0 radical (unpaired) electrons. The van der Waals surface area contributed by atoms with Crippen molar-refractivity contribution in [2.24, 2.45) is 10.7 Å². The van der Waals surface area contributed by atoms with Gasteiger partial charge in [-0.3, -0.25) is 4.79 Å². The Labute approximate surface area is 96.8 Å². The number of nitrogens with one attached hydrogen (secondary N) is 1. The lowest BCUT2D eigenvalue weighted by molar-refractivity contribution is -0.140. The summed E-state index contributed by atoms with van der Waals surface area (Å²) in [7, 11) is 1.39. The van der Waals surface area contributed by atoms with Crippen LogP contribution < -0.4 is 11.1 Å². The average molecular weight is 227 g/mol. The van der Waals surface area contributed by atoms with E-state index < -0.39 is 0 Å². The quantitative estimate of drug-likeness (QED) is 0.222. The predicted octanol–water partition coefficient (Wildman–Crippen LogP) is 0.810. The van der Waals surface area contributed by atoms with Crippen LogP contribution >= 0.6 is 0 Å². The van der Waals surface area contributed by atoms with Gasteiger partial charge >= 0.3 is 5.97 Å². The lowest BCUT2D eigenvalue weighted by atomic mass is 10.2. The number of carbonyl (C=O) groups excluding carboxylic acids is 1. The first-order chi connectivity index (χ1) is 7.56. The SMILES string of the molecule is C=C(C)CN=C(N)NCCCCC(=O)OC. The molecule has 0 saturated heterocycles. The fourth-order valence-electron chi connectivity index (χ4n) is 0.989. The number of esters is 1. The highest BCUT2D eigenvalue weighted by Gasteiger charge is 1.99. The maximum Gasteiger partial charge on any atom is 0.305 e. The molecule has 0 bridgehead atoms. The maximum atomic E-state index is 10.8. The van der Waals surface area contributed by atoms with Crippen molar-refractivity contribution >= 4 is 11.9 Å². The largest absolute Gasteiger partial charge is 0.469 e. The Kier molecular flexibility index (Phi) is 7.93. The van der Waals surface area contributed by atoms with Gasteiger partial charge in [-0.2, -0.15) is 0 Å². The lowest BCUT2D eigenvalue weighted by Gasteiger charge is -2.05. The third kappa shape index (κ3) is 9.05. The smallest absolute Gasteiger partial charge is 0.305 e. The van der Waals surface area contributed by atoms with E-state index in [2.05, 4.69) is 21.6 Å². The second-order valence-corrected chi connectivity index (χ2v) is 3.62. The van der Waals surface area contributed by atoms with Crippen molar-refractivity contribution in [1.29, 1.82) is 0 Å². The third-order valence-electron chi connectivity index (χ3n) is 1.86. The van der Waals surface area contributed by atoms with Crippen molar-refractivity contribution in [3.63, 3.8) is 0 Å². The van der Waals surface area contributed by atoms with Gasteiger partial charge < -0.3 is 15.8 Å². The number of nitrogens with two attached hydrogens (primary N) is 1. The molecule has 0 aliphatic rings. The van der Waals surface area contributed by atoms with Crippen LogP contribution in [0.1, 0.15) is 26.2 Å². The van der Waals surface area contributed by atoms with Crippen LogP contribution in [0.5, 0.6) is 0 Å². The van der Waals surface area contributed by atoms with Gasteiger partial charge in [-0.05, 0) is 19.8 Å². The zero-order valence-electron chi connectivity index (χ0n) is 10.1. The summed E-state index contributed by atoms with van der Waals surface area (Å²) in [5.41, 5.74) is 6.56. The van der Waals surface area contributed by atoms with Crippen LogP contribution in [-0.2, 0) is 9.53 Å². The summed E-state index contributed by atoms with van der Waals surface area (Å²) in [6.45, 7) is 6.87. The minimum atomic E-state index is -0.177. The Hall–Kier alpha value is -1.52. The highest BCUT2D eigenvalue weighted by atomic mass is 16.5. The van der Waals surface area contributed by atoms with E-state index in [0.29, 0.717) is 25.5 Å². The maximum absolute atomic E-state index is 10.8. The van der Waals surface area contributed by atoms with Gasteiger partial charge in [-0.1, -0.05) is 12.2 Å². The molecule has 3 N–H and O–H groups in total. The first-order valence-electron chi connectivity index (χ1n) is 5.31. The molecule has 0 spiro atoms. The van der Waals surface area contributed by atoms with E-state index in [4.69, 9.17) is 5.73 Å². The van der Waals surface area contributed by atoms with Crippen molar-refractivity contribution in [2.45, 2.75) is 26.2 Å². The van der Waals surface area contributed by atoms with Crippen molar-refractivity contribution in [3.8, 4) is 0 Å². The summed E-state index contributed by atoms with van der Waals surface area (Å²) in [4.78, 5) is 14.9. The minimum Gasteiger partial charge on any atom is -0.469 e. The van der Waals surface area contributed by atoms with Crippen LogP contribution in [0.25, 0.3) is 0 Å². The fraction of sp³-hybridized carbons (Fsp3) is 0.636. The standard InChI is InChI=1S/C11H21N3O2/c1-9(2)8-14-11(12)13-7-5-4-6-10(15)16-3/h1,4-8H2,2-3H3,(H3,12,13,14). The summed E-state index contributed by atoms with van der Waals surface area (Å²) >= 11 is 0. The normalized spacial score (nSPS) is 11.0. The van der Waals surface area contributed by atoms with Gasteiger partial charge in [0, 0.05) is 13.0 Å². The van der Waals surface area contributed by atoms with Crippen LogP contribution in [-0.4, -0.2) is 32.1 Å². The Morgan fingerprint density at radius 2 is 2.19 bits per heavy atom. The van der Waals surface area contributed by atoms with Crippen LogP contribution in [0.15, 0.2) is 17.1 Å². The van der Waals surface area contributed by atoms with Crippen LogP contribution in [0, 0.1) is 0 Å². The number of hydrogen-bond donors (Lipinski definition) is 2. The van der Waals surface area contributed by atoms with Gasteiger partial charge in [0.2, 0.25) is 0 Å². The predicted molar refractivity (Wildman–Crippen MR) is 65.2 cm³/mol. The van der Waals surface area contributed by atoms with E-state index in [1.165, 1.54) is 7.11 Å². The number of carbonyl (C=O) groups is 1. The number of ether oxygens (including phenoxy) is 1. The molecule has 0 aromatic heterocycles. The Morgan fingerprint density at radius 1 is 1.50 bits per heavy atom. The second kappa shape index (κ2) is 8.76. The van der Waals surface area contributed by atoms with Gasteiger partial charge in [0.1, 0.15) is 0 Å². The van der Waals surface area contributed by atoms with Crippen LogP contribution in [0.3, 0.4) is 0 Å². The molecule has 0 aromatic rings. The second-order valence-electron chi connectivity index (χ2n) is 3.62. The Bertz CT molecular complexity index is 262. The number of rotatable bonds is 7. The Balaban J connectivity index is 3.47. The summed E-state index contributed by atoms with van der Waals surface area (Å²) in [6, 6.07) is 0. The average Bonchev–Trinajstić information content (AvgIpc) is 2.25. The molecule has 0 unspecified atom stereocenters. The van der Waals surface area contributed by atoms with Gasteiger partial charge in [-0.25, -0.2) is 4.99 Å². The van der Waals surface area contributed by atoms with Gasteiger partial charge in [0.15, 0.2) is 5.96 Å². The number of guanidine groups is 1. The van der Waals surface area contributed by atoms with E-state index in [9.17, 15) is 4.79 Å². The van der Waals surface area contributed by atoms with Gasteiger partial charge in [0.05, 0.1) is 13.7 Å². The highest BCUT2D eigenvalue weighted by molar-refractivity contribution is 5.77. The summed E-state index contributed by atoms with van der Waals surface area (Å²) in [6.07, 6.45) is 2.09. The van der Waals surface area contributed by atoms with Crippen molar-refractivity contribution in [2.75, 3.05) is 20.2 Å². The van der Waals surface area contributed by atoms with E-state index in [1.807, 2.05) is 6.92 Å². The van der Waals surface area contributed by atoms with Crippen molar-refractivity contribution in [3.05, 3.63) is 12.2 Å². The molecule has 5 heteroatoms. The molecule has 0 aromatic carbocycles. The summed E-state index contributed by atoms with van der Waals surface area (Å²) in [5.74, 6) is 0.241. The van der Waals surface area contributed by atoms with Crippen LogP contribution in [0.2, 0.25) is 0 Å². The van der Waals surface area contributed by atoms with E-state index >= 15 is 0 Å². The fourth-order valence-corrected chi connectivity index (χ4v) is 0.989. The number of nitrogens with zero attached hydrogens (tertiary/aromatic N) is 1. The molecule has 0 aliphatic heterocycles. The number of aliphatic imine (C=N–C) groups is 1. The van der Waals surface area contributed by atoms with Crippen molar-refractivity contribution in [1.82, 2.24) is 5.32 Å². The first-order valence-corrected chi connectivity index (χ1v) is 5.31. The molecular weight excluding hydrogens is 206 g/mol. The minimum absolute atomic E-state index is 0.177. The molecule has 0 rings (SSSR count). The summed E-state index contributed by atoms with van der Waals surface area (Å²) in [5, 5.41) is 2.96. The molecular formula is C11H21N3O2. The molecule has 5 nitrogen and oxygen atoms in total. The van der Waals surface area contributed by atoms with Crippen molar-refractivity contribution < 1.29 is 9.53 Å². The molecule has 0 amide bonds. The topological polar surface area (TPSA) is 76.7 Å². The molecule has 0 atom stereocenters. The number of hydrogen-bond acceptors (Lipinski definition) is 3. The van der Waals surface area contributed by atoms with Gasteiger partial charge in [0.25, 0.3) is 0 Å². The Morgan fingerprint density at radius 3 is 2.75 bits per heavy atom. The van der Waals surface area contributed by atoms with E-state index in [0.717, 1.165) is 18.4 Å². The molecule has 92 valence electrons. The molecule has 0 fully saturated rings.